The minimum Gasteiger partial charge on any atom is -0.481 e. The number of amides is 1. The number of hydrogen-bond acceptors (Lipinski definition) is 6. The van der Waals surface area contributed by atoms with Gasteiger partial charge in [-0.3, -0.25) is 9.59 Å². The molecule has 1 heterocycles. The van der Waals surface area contributed by atoms with Crippen molar-refractivity contribution in [1.29, 1.82) is 0 Å². The van der Waals surface area contributed by atoms with Crippen LogP contribution in [0.3, 0.4) is 0 Å². The summed E-state index contributed by atoms with van der Waals surface area (Å²) in [6, 6.07) is 20.6. The third-order valence-electron chi connectivity index (χ3n) is 6.35. The van der Waals surface area contributed by atoms with Crippen LogP contribution in [-0.2, 0) is 27.2 Å². The van der Waals surface area contributed by atoms with Gasteiger partial charge in [-0.05, 0) is 74.0 Å². The minimum atomic E-state index is -0.869. The number of carbonyl (C=O) groups is 3. The van der Waals surface area contributed by atoms with Crippen molar-refractivity contribution >= 4 is 40.5 Å². The molecule has 0 radical (unpaired) electrons. The summed E-state index contributed by atoms with van der Waals surface area (Å²) in [7, 11) is 5.39. The number of aliphatic carboxylic acids is 1. The molecule has 0 spiro atoms. The number of nitrogens with one attached hydrogen (secondary N) is 2. The third-order valence-corrected chi connectivity index (χ3v) is 6.35. The van der Waals surface area contributed by atoms with Crippen molar-refractivity contribution in [2.75, 3.05) is 38.4 Å². The highest BCUT2D eigenvalue weighted by Crippen LogP contribution is 2.38. The quantitative estimate of drug-likeness (QED) is 0.270. The lowest BCUT2D eigenvalue weighted by atomic mass is 9.97. The average molecular weight is 514 g/mol. The monoisotopic (exact) mass is 513 g/mol. The Hall–Kier alpha value is -4.43. The van der Waals surface area contributed by atoms with E-state index in [1.54, 1.807) is 18.2 Å². The summed E-state index contributed by atoms with van der Waals surface area (Å²) in [4.78, 5) is 38.6. The molecule has 0 atom stereocenters. The molecule has 8 nitrogen and oxygen atoms in total. The van der Waals surface area contributed by atoms with Gasteiger partial charge in [-0.25, -0.2) is 4.79 Å². The predicted molar refractivity (Wildman–Crippen MR) is 148 cm³/mol. The molecule has 3 aromatic rings. The molecule has 0 saturated heterocycles. The first kappa shape index (κ1) is 26.6. The zero-order valence-corrected chi connectivity index (χ0v) is 21.7. The fourth-order valence-corrected chi connectivity index (χ4v) is 4.33. The van der Waals surface area contributed by atoms with Crippen molar-refractivity contribution in [3.05, 3.63) is 94.5 Å². The van der Waals surface area contributed by atoms with Crippen molar-refractivity contribution in [1.82, 2.24) is 4.90 Å². The van der Waals surface area contributed by atoms with Crippen LogP contribution < -0.4 is 10.6 Å². The van der Waals surface area contributed by atoms with Crippen LogP contribution in [0.1, 0.15) is 39.0 Å². The number of rotatable bonds is 10. The van der Waals surface area contributed by atoms with Crippen LogP contribution in [0.2, 0.25) is 0 Å². The number of ether oxygens (including phenoxy) is 1. The Labute approximate surface area is 221 Å². The van der Waals surface area contributed by atoms with E-state index in [-0.39, 0.29) is 12.3 Å². The number of methoxy groups -OCH3 is 1. The Morgan fingerprint density at radius 2 is 1.71 bits per heavy atom. The second kappa shape index (κ2) is 11.7. The van der Waals surface area contributed by atoms with Crippen molar-refractivity contribution < 1.29 is 24.2 Å². The molecule has 0 saturated carbocycles. The molecule has 3 aromatic carbocycles. The Bertz CT molecular complexity index is 1390. The zero-order chi connectivity index (χ0) is 27.2. The van der Waals surface area contributed by atoms with E-state index in [0.717, 1.165) is 29.8 Å². The van der Waals surface area contributed by atoms with Crippen LogP contribution in [0.5, 0.6) is 0 Å². The van der Waals surface area contributed by atoms with Gasteiger partial charge < -0.3 is 25.4 Å². The minimum absolute atomic E-state index is 0.0107. The molecule has 0 aliphatic carbocycles. The largest absolute Gasteiger partial charge is 0.481 e. The number of likely N-dealkylation sites (N-methyl/N-ethyl adjacent to an activating group) is 1. The third kappa shape index (κ3) is 6.27. The highest BCUT2D eigenvalue weighted by molar-refractivity contribution is 6.37. The van der Waals surface area contributed by atoms with Crippen molar-refractivity contribution in [2.24, 2.45) is 0 Å². The van der Waals surface area contributed by atoms with Crippen LogP contribution in [0.25, 0.3) is 11.3 Å². The molecule has 0 fully saturated rings. The molecule has 0 unspecified atom stereocenters. The summed E-state index contributed by atoms with van der Waals surface area (Å²) in [6.45, 7) is 0.940. The number of hydrogen-bond donors (Lipinski definition) is 3. The van der Waals surface area contributed by atoms with E-state index in [9.17, 15) is 14.4 Å². The second-order valence-corrected chi connectivity index (χ2v) is 9.43. The van der Waals surface area contributed by atoms with Gasteiger partial charge in [0.2, 0.25) is 0 Å². The van der Waals surface area contributed by atoms with Crippen LogP contribution in [0, 0.1) is 0 Å². The van der Waals surface area contributed by atoms with E-state index in [2.05, 4.69) is 27.7 Å². The first-order valence-corrected chi connectivity index (χ1v) is 12.4. The van der Waals surface area contributed by atoms with Gasteiger partial charge in [0.1, 0.15) is 0 Å². The first-order valence-electron chi connectivity index (χ1n) is 12.4. The van der Waals surface area contributed by atoms with Gasteiger partial charge in [0.25, 0.3) is 5.91 Å². The first-order chi connectivity index (χ1) is 18.2. The summed E-state index contributed by atoms with van der Waals surface area (Å²) in [5.41, 5.74) is 6.15. The maximum Gasteiger partial charge on any atom is 0.337 e. The van der Waals surface area contributed by atoms with E-state index in [4.69, 9.17) is 9.84 Å². The molecule has 196 valence electrons. The van der Waals surface area contributed by atoms with Crippen LogP contribution in [0.4, 0.5) is 11.4 Å². The number of esters is 1. The Balaban J connectivity index is 1.77. The van der Waals surface area contributed by atoms with Crippen LogP contribution in [-0.4, -0.2) is 55.6 Å². The number of carbonyl (C=O) groups excluding carboxylic acids is 2. The number of fused-ring (bicyclic) bond motifs is 1. The summed E-state index contributed by atoms with van der Waals surface area (Å²) >= 11 is 0. The fraction of sp³-hybridized carbons (Fsp3) is 0.233. The number of aryl methyl sites for hydroxylation is 1. The molecular formula is C30H31N3O5. The van der Waals surface area contributed by atoms with Crippen LogP contribution >= 0.6 is 0 Å². The molecule has 1 aliphatic heterocycles. The van der Waals surface area contributed by atoms with Crippen molar-refractivity contribution in [2.45, 2.75) is 19.3 Å². The van der Waals surface area contributed by atoms with Gasteiger partial charge in [-0.1, -0.05) is 36.4 Å². The number of nitrogens with zero attached hydrogens (tertiary/aromatic N) is 1. The molecular weight excluding hydrogens is 482 g/mol. The summed E-state index contributed by atoms with van der Waals surface area (Å²) in [6.07, 6.45) is 1.31. The molecule has 0 aromatic heterocycles. The molecule has 38 heavy (non-hydrogen) atoms. The molecule has 1 aliphatic rings. The summed E-state index contributed by atoms with van der Waals surface area (Å²) < 4.78 is 4.82. The Kier molecular flexibility index (Phi) is 8.23. The number of benzene rings is 3. The highest BCUT2D eigenvalue weighted by Gasteiger charge is 2.29. The average Bonchev–Trinajstić information content (AvgIpc) is 3.24. The standard InChI is InChI=1S/C30H31N3O5/c1-33(2)16-15-19-7-11-23(12-8-19)31-28(21-6-4-5-20(17-21)9-14-26(34)35)27-24-13-10-22(30(37)38-3)18-25(24)32-29(27)36/h4-8,10-13,17-18,31H,9,14-16H2,1-3H3,(H,32,36)(H,34,35). The van der Waals surface area contributed by atoms with Gasteiger partial charge in [0.15, 0.2) is 0 Å². The van der Waals surface area contributed by atoms with Crippen LogP contribution in [0.15, 0.2) is 66.7 Å². The zero-order valence-electron chi connectivity index (χ0n) is 21.7. The molecule has 3 N–H and O–H groups in total. The number of carboxylic acid groups (broad SMARTS) is 1. The molecule has 0 bridgehead atoms. The normalized spacial score (nSPS) is 13.6. The fourth-order valence-electron chi connectivity index (χ4n) is 4.33. The van der Waals surface area contributed by atoms with E-state index >= 15 is 0 Å². The lowest BCUT2D eigenvalue weighted by molar-refractivity contribution is -0.137. The molecule has 4 rings (SSSR count). The van der Waals surface area contributed by atoms with E-state index in [1.165, 1.54) is 12.7 Å². The van der Waals surface area contributed by atoms with Crippen molar-refractivity contribution in [3.63, 3.8) is 0 Å². The highest BCUT2D eigenvalue weighted by atomic mass is 16.5. The van der Waals surface area contributed by atoms with E-state index < -0.39 is 11.9 Å². The smallest absolute Gasteiger partial charge is 0.337 e. The van der Waals surface area contributed by atoms with Gasteiger partial charge >= 0.3 is 11.9 Å². The molecule has 1 amide bonds. The van der Waals surface area contributed by atoms with Gasteiger partial charge in [-0.15, -0.1) is 0 Å². The number of carboxylic acids is 1. The summed E-state index contributed by atoms with van der Waals surface area (Å²) in [5.74, 6) is -1.66. The van der Waals surface area contributed by atoms with Gasteiger partial charge in [-0.2, -0.15) is 0 Å². The van der Waals surface area contributed by atoms with Crippen molar-refractivity contribution in [3.8, 4) is 0 Å². The maximum atomic E-state index is 13.3. The lowest BCUT2D eigenvalue weighted by Gasteiger charge is -2.16. The predicted octanol–water partition coefficient (Wildman–Crippen LogP) is 4.53. The number of anilines is 2. The summed E-state index contributed by atoms with van der Waals surface area (Å²) in [5, 5.41) is 15.4. The maximum absolute atomic E-state index is 13.3. The topological polar surface area (TPSA) is 108 Å². The second-order valence-electron chi connectivity index (χ2n) is 9.43. The van der Waals surface area contributed by atoms with E-state index in [1.807, 2.05) is 50.5 Å². The van der Waals surface area contributed by atoms with Gasteiger partial charge in [0, 0.05) is 24.2 Å². The van der Waals surface area contributed by atoms with E-state index in [0.29, 0.717) is 34.5 Å². The molecule has 8 heteroatoms. The van der Waals surface area contributed by atoms with Gasteiger partial charge in [0.05, 0.1) is 29.6 Å². The Morgan fingerprint density at radius 1 is 0.947 bits per heavy atom. The Morgan fingerprint density at radius 3 is 2.39 bits per heavy atom. The lowest BCUT2D eigenvalue weighted by Crippen LogP contribution is -2.15. The SMILES string of the molecule is COC(=O)c1ccc2c(c1)NC(=O)C2=C(Nc1ccc(CCN(C)C)cc1)c1cccc(CCC(=O)O)c1.